The average Bonchev–Trinajstić information content (AvgIpc) is 3.22. The molecule has 0 bridgehead atoms. The van der Waals surface area contributed by atoms with Crippen LogP contribution in [0.1, 0.15) is 71.0 Å². The number of carbonyl (C=O) groups is 3. The normalized spacial score (nSPS) is 18.6. The predicted molar refractivity (Wildman–Crippen MR) is 162 cm³/mol. The van der Waals surface area contributed by atoms with Crippen LogP contribution in [0.5, 0.6) is 0 Å². The monoisotopic (exact) mass is 636 g/mol. The molecule has 2 aromatic heterocycles. The van der Waals surface area contributed by atoms with Crippen molar-refractivity contribution in [1.29, 1.82) is 0 Å². The number of piperidine rings is 1. The third kappa shape index (κ3) is 8.82. The highest BCUT2D eigenvalue weighted by Gasteiger charge is 2.45. The summed E-state index contributed by atoms with van der Waals surface area (Å²) in [4.78, 5) is 44.3. The molecule has 0 radical (unpaired) electrons. The van der Waals surface area contributed by atoms with E-state index in [1.807, 2.05) is 6.92 Å². The molecule has 1 fully saturated rings. The van der Waals surface area contributed by atoms with Gasteiger partial charge in [-0.3, -0.25) is 15.1 Å². The molecule has 2 aliphatic rings. The van der Waals surface area contributed by atoms with E-state index in [1.165, 1.54) is 23.4 Å². The zero-order valence-electron chi connectivity index (χ0n) is 26.3. The molecule has 45 heavy (non-hydrogen) atoms. The van der Waals surface area contributed by atoms with E-state index < -0.39 is 54.0 Å². The van der Waals surface area contributed by atoms with E-state index in [2.05, 4.69) is 26.3 Å². The SMILES string of the molecule is CC1=Cc2oc(NC(=O)OC(C)(C)C)c(C(=O)Nc3cnccc3N3C[C@@H](NC(=O)OC(C)(C)C)C[C@@H](C(F)(F)F)C3)c2NC1. The fourth-order valence-corrected chi connectivity index (χ4v) is 4.99. The van der Waals surface area contributed by atoms with Gasteiger partial charge in [-0.1, -0.05) is 5.57 Å². The second-order valence-electron chi connectivity index (χ2n) is 13.1. The van der Waals surface area contributed by atoms with Crippen molar-refractivity contribution in [2.75, 3.05) is 40.5 Å². The molecule has 2 atom stereocenters. The number of halogens is 3. The Bertz CT molecular complexity index is 1470. The summed E-state index contributed by atoms with van der Waals surface area (Å²) in [5.41, 5.74) is -0.0840. The van der Waals surface area contributed by atoms with Gasteiger partial charge in [-0.05, 0) is 67.0 Å². The third-order valence-corrected chi connectivity index (χ3v) is 6.72. The molecule has 4 N–H and O–H groups in total. The van der Waals surface area contributed by atoms with Crippen molar-refractivity contribution in [3.05, 3.63) is 35.4 Å². The van der Waals surface area contributed by atoms with E-state index in [9.17, 15) is 27.6 Å². The number of alkyl carbamates (subject to hydrolysis) is 1. The standard InChI is InChI=1S/C30H39F3N6O6/c1-16-10-21-23(35-12-16)22(25(43-21)38-27(42)45-29(5,6)7)24(40)37-19-13-34-9-8-20(19)39-14-17(30(31,32)33)11-18(15-39)36-26(41)44-28(2,3)4/h8-10,13,17-18,35H,11-12,14-15H2,1-7H3,(H,36,41)(H,37,40)(H,38,42)/t17-,18+/m1/s1. The van der Waals surface area contributed by atoms with Crippen LogP contribution in [0.25, 0.3) is 6.08 Å². The zero-order chi connectivity index (χ0) is 33.3. The third-order valence-electron chi connectivity index (χ3n) is 6.72. The van der Waals surface area contributed by atoms with Gasteiger partial charge in [0.15, 0.2) is 5.76 Å². The summed E-state index contributed by atoms with van der Waals surface area (Å²) in [7, 11) is 0. The van der Waals surface area contributed by atoms with Crippen LogP contribution in [0.15, 0.2) is 28.5 Å². The molecule has 246 valence electrons. The molecule has 0 unspecified atom stereocenters. The Morgan fingerprint density at radius 1 is 1.02 bits per heavy atom. The Labute approximate surface area is 259 Å². The Balaban J connectivity index is 1.63. The lowest BCUT2D eigenvalue weighted by molar-refractivity contribution is -0.177. The molecule has 0 spiro atoms. The summed E-state index contributed by atoms with van der Waals surface area (Å²) in [6.45, 7) is 11.9. The summed E-state index contributed by atoms with van der Waals surface area (Å²) in [5, 5.41) is 10.9. The van der Waals surface area contributed by atoms with Gasteiger partial charge in [0.25, 0.3) is 5.91 Å². The van der Waals surface area contributed by atoms with Crippen molar-refractivity contribution >= 4 is 47.1 Å². The van der Waals surface area contributed by atoms with Crippen molar-refractivity contribution in [3.8, 4) is 0 Å². The van der Waals surface area contributed by atoms with Crippen LogP contribution in [-0.4, -0.2) is 66.1 Å². The van der Waals surface area contributed by atoms with Crippen molar-refractivity contribution in [2.24, 2.45) is 5.92 Å². The number of fused-ring (bicyclic) bond motifs is 1. The quantitative estimate of drug-likeness (QED) is 0.293. The van der Waals surface area contributed by atoms with Crippen molar-refractivity contribution in [3.63, 3.8) is 0 Å². The number of anilines is 4. The van der Waals surface area contributed by atoms with E-state index in [1.54, 1.807) is 47.6 Å². The molecular weight excluding hydrogens is 597 g/mol. The van der Waals surface area contributed by atoms with Gasteiger partial charge in [0.1, 0.15) is 16.8 Å². The molecule has 1 saturated heterocycles. The number of carbonyl (C=O) groups excluding carboxylic acids is 3. The van der Waals surface area contributed by atoms with Crippen LogP contribution < -0.4 is 26.2 Å². The minimum atomic E-state index is -4.54. The molecule has 4 heterocycles. The van der Waals surface area contributed by atoms with E-state index in [0.29, 0.717) is 18.0 Å². The maximum atomic E-state index is 14.0. The highest BCUT2D eigenvalue weighted by Crippen LogP contribution is 2.39. The molecule has 12 nitrogen and oxygen atoms in total. The number of amides is 3. The number of nitrogens with one attached hydrogen (secondary N) is 4. The van der Waals surface area contributed by atoms with Gasteiger partial charge < -0.3 is 34.7 Å². The van der Waals surface area contributed by atoms with Crippen LogP contribution in [0.3, 0.4) is 0 Å². The summed E-state index contributed by atoms with van der Waals surface area (Å²) in [6.07, 6.45) is -2.13. The van der Waals surface area contributed by atoms with Crippen molar-refractivity contribution < 1.29 is 41.4 Å². The molecule has 0 saturated carbocycles. The van der Waals surface area contributed by atoms with Gasteiger partial charge in [-0.15, -0.1) is 0 Å². The summed E-state index contributed by atoms with van der Waals surface area (Å²) in [5.74, 6) is -2.35. The number of hydrogen-bond acceptors (Lipinski definition) is 9. The number of nitrogens with zero attached hydrogens (tertiary/aromatic N) is 2. The number of rotatable bonds is 5. The van der Waals surface area contributed by atoms with Crippen molar-refractivity contribution in [2.45, 2.75) is 78.3 Å². The van der Waals surface area contributed by atoms with Crippen LogP contribution in [0.2, 0.25) is 0 Å². The molecular formula is C30H39F3N6O6. The summed E-state index contributed by atoms with van der Waals surface area (Å²) < 4.78 is 58.5. The van der Waals surface area contributed by atoms with Gasteiger partial charge in [-0.25, -0.2) is 9.59 Å². The highest BCUT2D eigenvalue weighted by atomic mass is 19.4. The molecule has 3 amide bonds. The first-order valence-electron chi connectivity index (χ1n) is 14.4. The van der Waals surface area contributed by atoms with Gasteiger partial charge in [0.05, 0.1) is 35.2 Å². The number of hydrogen-bond donors (Lipinski definition) is 4. The van der Waals surface area contributed by atoms with Crippen LogP contribution in [0, 0.1) is 5.92 Å². The maximum absolute atomic E-state index is 14.0. The van der Waals surface area contributed by atoms with E-state index in [-0.39, 0.29) is 35.8 Å². The predicted octanol–water partition coefficient (Wildman–Crippen LogP) is 6.38. The first-order chi connectivity index (χ1) is 20.8. The molecule has 2 aromatic rings. The largest absolute Gasteiger partial charge is 0.444 e. The molecule has 15 heteroatoms. The molecule has 0 aliphatic carbocycles. The minimum Gasteiger partial charge on any atom is -0.444 e. The number of alkyl halides is 3. The van der Waals surface area contributed by atoms with Gasteiger partial charge in [0.2, 0.25) is 5.88 Å². The van der Waals surface area contributed by atoms with Crippen LogP contribution in [0.4, 0.5) is 45.7 Å². The lowest BCUT2D eigenvalue weighted by Gasteiger charge is -2.40. The topological polar surface area (TPSA) is 147 Å². The van der Waals surface area contributed by atoms with Gasteiger partial charge >= 0.3 is 18.4 Å². The molecule has 4 rings (SSSR count). The molecule has 0 aromatic carbocycles. The number of aromatic nitrogens is 1. The highest BCUT2D eigenvalue weighted by molar-refractivity contribution is 6.14. The van der Waals surface area contributed by atoms with Gasteiger partial charge in [0, 0.05) is 25.8 Å². The Morgan fingerprint density at radius 3 is 2.33 bits per heavy atom. The van der Waals surface area contributed by atoms with Gasteiger partial charge in [-0.2, -0.15) is 13.2 Å². The zero-order valence-corrected chi connectivity index (χ0v) is 26.3. The Hall–Kier alpha value is -4.43. The first kappa shape index (κ1) is 33.5. The number of ether oxygens (including phenoxy) is 2. The lowest BCUT2D eigenvalue weighted by atomic mass is 9.93. The van der Waals surface area contributed by atoms with Crippen LogP contribution >= 0.6 is 0 Å². The Morgan fingerprint density at radius 2 is 1.69 bits per heavy atom. The average molecular weight is 637 g/mol. The lowest BCUT2D eigenvalue weighted by Crippen LogP contribution is -2.54. The maximum Gasteiger partial charge on any atom is 0.414 e. The Kier molecular flexibility index (Phi) is 9.31. The summed E-state index contributed by atoms with van der Waals surface area (Å²) >= 11 is 0. The van der Waals surface area contributed by atoms with Crippen LogP contribution in [-0.2, 0) is 9.47 Å². The first-order valence-corrected chi connectivity index (χ1v) is 14.4. The van der Waals surface area contributed by atoms with E-state index in [0.717, 1.165) is 5.57 Å². The van der Waals surface area contributed by atoms with E-state index >= 15 is 0 Å². The van der Waals surface area contributed by atoms with Crippen molar-refractivity contribution in [1.82, 2.24) is 10.3 Å². The summed E-state index contributed by atoms with van der Waals surface area (Å²) in [6, 6.07) is 0.579. The second-order valence-corrected chi connectivity index (χ2v) is 13.1. The molecule has 2 aliphatic heterocycles. The fourth-order valence-electron chi connectivity index (χ4n) is 4.99. The number of pyridine rings is 1. The van der Waals surface area contributed by atoms with E-state index in [4.69, 9.17) is 13.9 Å². The number of furan rings is 1. The minimum absolute atomic E-state index is 0.0108. The second kappa shape index (κ2) is 12.5. The fraction of sp³-hybridized carbons (Fsp3) is 0.533. The smallest absolute Gasteiger partial charge is 0.414 e.